The van der Waals surface area contributed by atoms with Crippen LogP contribution in [0.2, 0.25) is 105 Å². The van der Waals surface area contributed by atoms with Crippen molar-refractivity contribution in [2.75, 3.05) is 132 Å². The van der Waals surface area contributed by atoms with Crippen LogP contribution >= 0.6 is 0 Å². The zero-order valence-electron chi connectivity index (χ0n) is 47.1. The zero-order valence-corrected chi connectivity index (χ0v) is 55.1. The Bertz CT molecular complexity index is 1290. The molecule has 0 saturated carbocycles. The first-order chi connectivity index (χ1) is 32.2. The second kappa shape index (κ2) is 27.9. The first kappa shape index (κ1) is 62.6. The van der Waals surface area contributed by atoms with Crippen LogP contribution in [0.3, 0.4) is 0 Å². The van der Waals surface area contributed by atoms with E-state index in [4.69, 9.17) is 55.6 Å². The summed E-state index contributed by atoms with van der Waals surface area (Å²) in [4.78, 5) is 10.0. The van der Waals surface area contributed by atoms with E-state index >= 15 is 0 Å². The second-order valence-corrected chi connectivity index (χ2v) is 50.8. The van der Waals surface area contributed by atoms with Crippen LogP contribution in [0.1, 0.15) is 0 Å². The van der Waals surface area contributed by atoms with Crippen LogP contribution < -0.4 is 0 Å². The molecule has 0 amide bonds. The van der Waals surface area contributed by atoms with Crippen LogP contribution in [0.25, 0.3) is 0 Å². The zero-order chi connectivity index (χ0) is 51.5. The third-order valence-corrected chi connectivity index (χ3v) is 28.0. The molecule has 0 aromatic carbocycles. The normalized spacial score (nSPS) is 28.9. The van der Waals surface area contributed by atoms with E-state index in [9.17, 15) is 0 Å². The SMILES string of the molecule is COC(N1CC(COCC(COCC2CN(C(OC)[Si](C)C)C[Si](C)(C)O2)(COCC2CN(C(OC)[Si](C)C)C[Si](C)(C)O2)COCC2CN(C(OC)[Si](C)C)C[Si](C)(C)O2)O[Si](C)(C)C1)[Si](C)C. The van der Waals surface area contributed by atoms with Crippen molar-refractivity contribution >= 4 is 68.5 Å². The molecule has 0 aliphatic carbocycles. The summed E-state index contributed by atoms with van der Waals surface area (Å²) in [5.41, 5.74) is -0.669. The number of methoxy groups -OCH3 is 4. The fraction of sp³-hybridized carbons (Fsp3) is 1.00. The van der Waals surface area contributed by atoms with Crippen molar-refractivity contribution in [3.05, 3.63) is 0 Å². The van der Waals surface area contributed by atoms with Crippen molar-refractivity contribution in [2.24, 2.45) is 5.41 Å². The molecule has 0 N–H and O–H groups in total. The molecule has 24 heteroatoms. The molecule has 16 nitrogen and oxygen atoms in total. The maximum atomic E-state index is 6.91. The summed E-state index contributed by atoms with van der Waals surface area (Å²) in [7, 11) is -3.64. The Kier molecular flexibility index (Phi) is 25.4. The Hall–Kier alpha value is 1.10. The van der Waals surface area contributed by atoms with Crippen molar-refractivity contribution in [3.8, 4) is 0 Å². The molecule has 0 bridgehead atoms. The summed E-state index contributed by atoms with van der Waals surface area (Å²) in [6.45, 7) is 43.4. The van der Waals surface area contributed by atoms with Gasteiger partial charge in [0, 0.05) is 79.3 Å². The van der Waals surface area contributed by atoms with Gasteiger partial charge in [-0.2, -0.15) is 0 Å². The summed E-state index contributed by atoms with van der Waals surface area (Å²) < 4.78 is 79.4. The molecule has 69 heavy (non-hydrogen) atoms. The number of hydrogen-bond acceptors (Lipinski definition) is 16. The average Bonchev–Trinajstić information content (AvgIpc) is 3.19. The van der Waals surface area contributed by atoms with E-state index in [1.54, 1.807) is 0 Å². The average molecular weight is 1110 g/mol. The van der Waals surface area contributed by atoms with E-state index in [0.717, 1.165) is 50.9 Å². The van der Waals surface area contributed by atoms with E-state index in [-0.39, 0.29) is 47.8 Å². The maximum Gasteiger partial charge on any atom is 0.201 e. The lowest BCUT2D eigenvalue weighted by Crippen LogP contribution is -2.62. The summed E-state index contributed by atoms with van der Waals surface area (Å²) in [6, 6.07) is 0. The van der Waals surface area contributed by atoms with Crippen LogP contribution in [-0.4, -0.2) is 268 Å². The third kappa shape index (κ3) is 19.9. The van der Waals surface area contributed by atoms with Crippen LogP contribution in [0.4, 0.5) is 0 Å². The molecule has 4 aliphatic heterocycles. The molecule has 8 unspecified atom stereocenters. The van der Waals surface area contributed by atoms with Gasteiger partial charge in [0.05, 0.1) is 141 Å². The number of hydrogen-bond donors (Lipinski definition) is 0. The van der Waals surface area contributed by atoms with Crippen LogP contribution in [-0.2, 0) is 55.6 Å². The predicted octanol–water partition coefficient (Wildman–Crippen LogP) is 4.88. The van der Waals surface area contributed by atoms with Gasteiger partial charge in [-0.3, -0.25) is 19.6 Å². The Morgan fingerprint density at radius 3 is 0.739 bits per heavy atom. The highest BCUT2D eigenvalue weighted by Crippen LogP contribution is 2.29. The largest absolute Gasteiger partial charge is 0.410 e. The predicted molar refractivity (Wildman–Crippen MR) is 295 cm³/mol. The summed E-state index contributed by atoms with van der Waals surface area (Å²) in [6.07, 6.45) is 3.44. The van der Waals surface area contributed by atoms with Crippen molar-refractivity contribution in [1.29, 1.82) is 0 Å². The maximum absolute atomic E-state index is 6.91. The van der Waals surface area contributed by atoms with E-state index < -0.39 is 73.9 Å². The van der Waals surface area contributed by atoms with E-state index in [2.05, 4.69) is 124 Å². The molecule has 404 valence electrons. The van der Waals surface area contributed by atoms with Gasteiger partial charge in [-0.05, 0) is 52.4 Å². The molecule has 4 rings (SSSR count). The van der Waals surface area contributed by atoms with E-state index in [1.165, 1.54) is 0 Å². The molecular formula is C45H100N4O12Si8. The lowest BCUT2D eigenvalue weighted by Gasteiger charge is -2.46. The van der Waals surface area contributed by atoms with Gasteiger partial charge in [0.2, 0.25) is 33.3 Å². The van der Waals surface area contributed by atoms with E-state index in [1.807, 2.05) is 28.4 Å². The van der Waals surface area contributed by atoms with Gasteiger partial charge < -0.3 is 55.6 Å². The molecule has 0 aromatic heterocycles. The lowest BCUT2D eigenvalue weighted by atomic mass is 9.92. The summed E-state index contributed by atoms with van der Waals surface area (Å²) in [5.74, 6) is 0.480. The van der Waals surface area contributed by atoms with Crippen molar-refractivity contribution < 1.29 is 55.6 Å². The van der Waals surface area contributed by atoms with E-state index in [0.29, 0.717) is 52.9 Å². The highest BCUT2D eigenvalue weighted by molar-refractivity contribution is 6.73. The van der Waals surface area contributed by atoms with Gasteiger partial charge in [0.15, 0.2) is 0 Å². The quantitative estimate of drug-likeness (QED) is 0.0989. The Morgan fingerprint density at radius 1 is 0.391 bits per heavy atom. The molecule has 0 spiro atoms. The van der Waals surface area contributed by atoms with Gasteiger partial charge in [-0.15, -0.1) is 0 Å². The first-order valence-electron chi connectivity index (χ1n) is 25.5. The highest BCUT2D eigenvalue weighted by Gasteiger charge is 2.45. The van der Waals surface area contributed by atoms with Crippen molar-refractivity contribution in [1.82, 2.24) is 19.6 Å². The number of ether oxygens (including phenoxy) is 8. The third-order valence-electron chi connectivity index (χ3n) is 13.1. The summed E-state index contributed by atoms with van der Waals surface area (Å²) in [5, 5.41) is 0. The van der Waals surface area contributed by atoms with Crippen molar-refractivity contribution in [3.63, 3.8) is 0 Å². The van der Waals surface area contributed by atoms with Crippen molar-refractivity contribution in [2.45, 2.75) is 153 Å². The van der Waals surface area contributed by atoms with Gasteiger partial charge >= 0.3 is 0 Å². The molecule has 4 saturated heterocycles. The Labute approximate surface area is 431 Å². The second-order valence-electron chi connectivity index (χ2n) is 23.9. The molecule has 4 fully saturated rings. The van der Waals surface area contributed by atoms with Gasteiger partial charge in [-0.1, -0.05) is 52.4 Å². The minimum atomic E-state index is -2.02. The fourth-order valence-electron chi connectivity index (χ4n) is 11.3. The van der Waals surface area contributed by atoms with Gasteiger partial charge in [0.1, 0.15) is 0 Å². The Balaban J connectivity index is 1.63. The van der Waals surface area contributed by atoms with Crippen LogP contribution in [0.15, 0.2) is 0 Å². The first-order valence-corrected chi connectivity index (χ1v) is 48.2. The lowest BCUT2D eigenvalue weighted by molar-refractivity contribution is -0.138. The molecule has 4 heterocycles. The standard InChI is InChI=1S/C45H100N4O12Si8/c1-50-41(62(5)6)46-21-37(58-66(13,14)33-46)25-54-29-45(30-55-26-38-22-47(34-67(15,16)59-38)42(51-2)63(7)8,31-56-27-39-23-48(35-68(17,18)60-39)43(52-3)64(9)10)32-57-28-40-24-49(36-69(19,20)61-40)44(53-4)65(11)12/h37-44H,21-36H2,1-20H3. The van der Waals surface area contributed by atoms with Crippen LogP contribution in [0.5, 0.6) is 0 Å². The topological polar surface area (TPSA) is 124 Å². The minimum absolute atomic E-state index is 0.0804. The molecular weight excluding hydrogens is 1010 g/mol. The summed E-state index contributed by atoms with van der Waals surface area (Å²) >= 11 is 0. The fourth-order valence-corrected chi connectivity index (χ4v) is 27.2. The highest BCUT2D eigenvalue weighted by atomic mass is 28.4. The monoisotopic (exact) mass is 1110 g/mol. The van der Waals surface area contributed by atoms with Gasteiger partial charge in [-0.25, -0.2) is 0 Å². The Morgan fingerprint density at radius 2 is 0.580 bits per heavy atom. The molecule has 4 aliphatic rings. The molecule has 4 radical (unpaired) electrons. The van der Waals surface area contributed by atoms with Gasteiger partial charge in [0.25, 0.3) is 0 Å². The number of nitrogens with zero attached hydrogens (tertiary/aromatic N) is 4. The molecule has 0 aromatic rings. The number of rotatable bonds is 28. The van der Waals surface area contributed by atoms with Crippen LogP contribution in [0, 0.1) is 5.41 Å². The smallest absolute Gasteiger partial charge is 0.201 e. The minimum Gasteiger partial charge on any atom is -0.410 e. The molecule has 8 atom stereocenters.